The van der Waals surface area contributed by atoms with Crippen molar-refractivity contribution in [2.75, 3.05) is 12.4 Å². The Morgan fingerprint density at radius 3 is 2.68 bits per heavy atom. The van der Waals surface area contributed by atoms with Crippen LogP contribution in [0.3, 0.4) is 0 Å². The zero-order valence-corrected chi connectivity index (χ0v) is 14.9. The Morgan fingerprint density at radius 1 is 1.32 bits per heavy atom. The lowest BCUT2D eigenvalue weighted by Crippen LogP contribution is -2.06. The Bertz CT molecular complexity index is 708. The third-order valence-corrected chi connectivity index (χ3v) is 3.94. The second-order valence-electron chi connectivity index (χ2n) is 4.30. The van der Waals surface area contributed by atoms with E-state index in [1.54, 1.807) is 24.3 Å². The van der Waals surface area contributed by atoms with E-state index in [4.69, 9.17) is 31.9 Å². The normalized spacial score (nSPS) is 10.2. The third-order valence-electron chi connectivity index (χ3n) is 2.78. The Labute approximate surface area is 147 Å². The van der Waals surface area contributed by atoms with Gasteiger partial charge in [0.2, 0.25) is 0 Å². The van der Waals surface area contributed by atoms with E-state index in [-0.39, 0.29) is 28.1 Å². The molecule has 2 aromatic rings. The van der Waals surface area contributed by atoms with Gasteiger partial charge in [0.15, 0.2) is 5.17 Å². The first-order chi connectivity index (χ1) is 10.1. The van der Waals surface area contributed by atoms with Gasteiger partial charge in [-0.05, 0) is 18.9 Å². The highest BCUT2D eigenvalue weighted by Gasteiger charge is 2.12. The number of amidine groups is 1. The monoisotopic (exact) mass is 406 g/mol. The lowest BCUT2D eigenvalue weighted by molar-refractivity contribution is 0.229. The number of thioether (sulfide) groups is 1. The number of ether oxygens (including phenoxy) is 1. The molecule has 0 spiro atoms. The number of rotatable bonds is 6. The van der Waals surface area contributed by atoms with Gasteiger partial charge in [-0.15, -0.1) is 17.0 Å². The first-order valence-corrected chi connectivity index (χ1v) is 7.77. The first-order valence-electron chi connectivity index (χ1n) is 6.40. The maximum Gasteiger partial charge on any atom is 0.346 e. The zero-order chi connectivity index (χ0) is 15.2. The number of hydrogen-bond acceptors (Lipinski definition) is 5. The maximum absolute atomic E-state index is 11.8. The Balaban J connectivity index is 0.00000242. The molecule has 0 atom stereocenters. The molecule has 0 unspecified atom stereocenters. The minimum atomic E-state index is -0.461. The van der Waals surface area contributed by atoms with Crippen LogP contribution in [0.25, 0.3) is 10.8 Å². The number of hydrogen-bond donors (Lipinski definition) is 2. The summed E-state index contributed by atoms with van der Waals surface area (Å²) in [6, 6.07) is 6.97. The van der Waals surface area contributed by atoms with Crippen LogP contribution in [0, 0.1) is 5.41 Å². The van der Waals surface area contributed by atoms with E-state index in [1.807, 2.05) is 0 Å². The van der Waals surface area contributed by atoms with E-state index < -0.39 is 5.63 Å². The molecule has 120 valence electrons. The molecule has 22 heavy (non-hydrogen) atoms. The van der Waals surface area contributed by atoms with E-state index in [9.17, 15) is 4.79 Å². The summed E-state index contributed by atoms with van der Waals surface area (Å²) < 4.78 is 10.5. The smallest absolute Gasteiger partial charge is 0.346 e. The lowest BCUT2D eigenvalue weighted by atomic mass is 10.2. The van der Waals surface area contributed by atoms with Crippen molar-refractivity contribution in [3.05, 3.63) is 39.7 Å². The molecule has 8 heteroatoms. The van der Waals surface area contributed by atoms with E-state index in [2.05, 4.69) is 0 Å². The molecule has 0 amide bonds. The molecule has 0 aliphatic rings. The summed E-state index contributed by atoms with van der Waals surface area (Å²) in [6.45, 7) is 0.388. The molecule has 3 N–H and O–H groups in total. The van der Waals surface area contributed by atoms with Crippen LogP contribution < -0.4 is 16.1 Å². The highest BCUT2D eigenvalue weighted by atomic mass is 79.9. The van der Waals surface area contributed by atoms with Gasteiger partial charge in [0.25, 0.3) is 0 Å². The Morgan fingerprint density at radius 2 is 2.00 bits per heavy atom. The second kappa shape index (κ2) is 9.07. The van der Waals surface area contributed by atoms with E-state index in [0.29, 0.717) is 22.4 Å². The summed E-state index contributed by atoms with van der Waals surface area (Å²) in [5.74, 6) is 0.813. The van der Waals surface area contributed by atoms with Gasteiger partial charge in [-0.2, -0.15) is 0 Å². The third kappa shape index (κ3) is 4.93. The number of unbranched alkanes of at least 4 members (excludes halogenated alkanes) is 1. The number of benzene rings is 1. The number of nitrogens with two attached hydrogens (primary N) is 1. The quantitative estimate of drug-likeness (QED) is 0.432. The molecule has 0 radical (unpaired) electrons. The highest BCUT2D eigenvalue weighted by molar-refractivity contribution is 8.93. The number of fused-ring (bicyclic) bond motifs is 1. The topological polar surface area (TPSA) is 89.3 Å². The number of halogens is 2. The second-order valence-corrected chi connectivity index (χ2v) is 5.82. The summed E-state index contributed by atoms with van der Waals surface area (Å²) in [5, 5.41) is 8.56. The molecular formula is C14H16BrClN2O3S. The molecule has 0 aliphatic heterocycles. The van der Waals surface area contributed by atoms with Crippen LogP contribution in [0.1, 0.15) is 12.8 Å². The van der Waals surface area contributed by atoms with E-state index in [1.165, 1.54) is 11.8 Å². The van der Waals surface area contributed by atoms with Crippen LogP contribution in [0.4, 0.5) is 0 Å². The Kier molecular flexibility index (Phi) is 7.78. The van der Waals surface area contributed by atoms with Gasteiger partial charge in [-0.3, -0.25) is 5.41 Å². The van der Waals surface area contributed by atoms with Gasteiger partial charge in [0.1, 0.15) is 5.02 Å². The number of nitrogens with one attached hydrogen (secondary N) is 1. The summed E-state index contributed by atoms with van der Waals surface area (Å²) in [6.07, 6.45) is 1.60. The largest absolute Gasteiger partial charge is 0.464 e. The average Bonchev–Trinajstić information content (AvgIpc) is 2.47. The maximum atomic E-state index is 11.8. The molecule has 0 fully saturated rings. The van der Waals surface area contributed by atoms with Gasteiger partial charge < -0.3 is 14.9 Å². The summed E-state index contributed by atoms with van der Waals surface area (Å²) in [4.78, 5) is 11.8. The van der Waals surface area contributed by atoms with Crippen LogP contribution >= 0.6 is 40.3 Å². The van der Waals surface area contributed by atoms with Crippen molar-refractivity contribution >= 4 is 56.3 Å². The van der Waals surface area contributed by atoms with Crippen molar-refractivity contribution in [2.24, 2.45) is 5.73 Å². The standard InChI is InChI=1S/C14H15ClN2O3S.BrH/c15-11-9-5-1-2-6-10(9)12(18)20-13(11)19-7-3-4-8-21-14(16)17;/h1-2,5-6H,3-4,7-8H2,(H3,16,17);1H. The van der Waals surface area contributed by atoms with E-state index >= 15 is 0 Å². The average molecular weight is 408 g/mol. The molecule has 0 saturated carbocycles. The van der Waals surface area contributed by atoms with Crippen LogP contribution in [-0.4, -0.2) is 17.5 Å². The Hall–Kier alpha value is -1.18. The predicted molar refractivity (Wildman–Crippen MR) is 96.9 cm³/mol. The van der Waals surface area contributed by atoms with Gasteiger partial charge in [-0.25, -0.2) is 4.79 Å². The molecule has 1 heterocycles. The summed E-state index contributed by atoms with van der Waals surface area (Å²) in [7, 11) is 0. The van der Waals surface area contributed by atoms with Crippen molar-refractivity contribution < 1.29 is 9.15 Å². The summed E-state index contributed by atoms with van der Waals surface area (Å²) >= 11 is 7.48. The van der Waals surface area contributed by atoms with Gasteiger partial charge in [0, 0.05) is 11.1 Å². The fourth-order valence-electron chi connectivity index (χ4n) is 1.79. The highest BCUT2D eigenvalue weighted by Crippen LogP contribution is 2.30. The fourth-order valence-corrected chi connectivity index (χ4v) is 2.62. The molecular weight excluding hydrogens is 392 g/mol. The van der Waals surface area contributed by atoms with Gasteiger partial charge >= 0.3 is 11.6 Å². The molecule has 0 aliphatic carbocycles. The molecule has 0 saturated heterocycles. The molecule has 1 aromatic heterocycles. The van der Waals surface area contributed by atoms with Crippen molar-refractivity contribution in [1.82, 2.24) is 0 Å². The van der Waals surface area contributed by atoms with Crippen LogP contribution in [0.5, 0.6) is 5.95 Å². The van der Waals surface area contributed by atoms with Gasteiger partial charge in [0.05, 0.1) is 12.0 Å². The lowest BCUT2D eigenvalue weighted by Gasteiger charge is -2.07. The van der Waals surface area contributed by atoms with Crippen molar-refractivity contribution in [3.8, 4) is 5.95 Å². The van der Waals surface area contributed by atoms with Crippen LogP contribution in [-0.2, 0) is 0 Å². The van der Waals surface area contributed by atoms with Crippen LogP contribution in [0.15, 0.2) is 33.5 Å². The van der Waals surface area contributed by atoms with E-state index in [0.717, 1.165) is 18.6 Å². The van der Waals surface area contributed by atoms with Crippen molar-refractivity contribution in [1.29, 1.82) is 5.41 Å². The van der Waals surface area contributed by atoms with Crippen LogP contribution in [0.2, 0.25) is 5.02 Å². The fraction of sp³-hybridized carbons (Fsp3) is 0.286. The minimum Gasteiger partial charge on any atom is -0.464 e. The predicted octanol–water partition coefficient (Wildman–Crippen LogP) is 3.81. The summed E-state index contributed by atoms with van der Waals surface area (Å²) in [5.41, 5.74) is 4.77. The minimum absolute atomic E-state index is 0. The zero-order valence-electron chi connectivity index (χ0n) is 11.6. The SMILES string of the molecule is Br.N=C(N)SCCCCOc1oc(=O)c2ccccc2c1Cl. The molecule has 5 nitrogen and oxygen atoms in total. The molecule has 1 aromatic carbocycles. The molecule has 2 rings (SSSR count). The van der Waals surface area contributed by atoms with Crippen molar-refractivity contribution in [3.63, 3.8) is 0 Å². The molecule has 0 bridgehead atoms. The van der Waals surface area contributed by atoms with Gasteiger partial charge in [-0.1, -0.05) is 41.6 Å². The van der Waals surface area contributed by atoms with Crippen molar-refractivity contribution in [2.45, 2.75) is 12.8 Å². The first kappa shape index (κ1) is 18.9.